The fraction of sp³-hybridized carbons (Fsp3) is 0.583. The van der Waals surface area contributed by atoms with E-state index in [0.717, 1.165) is 37.9 Å². The van der Waals surface area contributed by atoms with Crippen molar-refractivity contribution in [1.29, 1.82) is 0 Å². The molecule has 0 saturated heterocycles. The van der Waals surface area contributed by atoms with Gasteiger partial charge in [-0.2, -0.15) is 0 Å². The quantitative estimate of drug-likeness (QED) is 0.508. The van der Waals surface area contributed by atoms with E-state index >= 15 is 0 Å². The van der Waals surface area contributed by atoms with Gasteiger partial charge in [0.1, 0.15) is 0 Å². The number of ketones is 1. The van der Waals surface area contributed by atoms with Gasteiger partial charge in [-0.25, -0.2) is 0 Å². The minimum absolute atomic E-state index is 0.207. The molecule has 0 spiro atoms. The van der Waals surface area contributed by atoms with Crippen molar-refractivity contribution in [3.8, 4) is 0 Å². The Labute approximate surface area is 85.6 Å². The Kier molecular flexibility index (Phi) is 5.05. The fourth-order valence-corrected chi connectivity index (χ4v) is 1.49. The van der Waals surface area contributed by atoms with Crippen molar-refractivity contribution in [3.05, 3.63) is 24.5 Å². The zero-order valence-electron chi connectivity index (χ0n) is 8.63. The van der Waals surface area contributed by atoms with Crippen LogP contribution in [0.3, 0.4) is 0 Å². The lowest BCUT2D eigenvalue weighted by atomic mass is 10.0. The van der Waals surface area contributed by atoms with E-state index in [-0.39, 0.29) is 5.78 Å². The number of allylic oxidation sites excluding steroid dienone is 2. The van der Waals surface area contributed by atoms with E-state index in [1.165, 1.54) is 0 Å². The predicted octanol–water partition coefficient (Wildman–Crippen LogP) is 3.00. The molecule has 0 heterocycles. The average molecular weight is 194 g/mol. The average Bonchev–Trinajstić information content (AvgIpc) is 2.13. The van der Waals surface area contributed by atoms with Gasteiger partial charge in [-0.3, -0.25) is 4.79 Å². The van der Waals surface area contributed by atoms with Crippen LogP contribution in [-0.2, 0) is 9.53 Å². The van der Waals surface area contributed by atoms with Gasteiger partial charge in [0, 0.05) is 18.9 Å². The van der Waals surface area contributed by atoms with Gasteiger partial charge in [0.15, 0.2) is 5.78 Å². The van der Waals surface area contributed by atoms with Gasteiger partial charge < -0.3 is 4.74 Å². The largest absolute Gasteiger partial charge is 0.497 e. The monoisotopic (exact) mass is 194 g/mol. The third-order valence-electron chi connectivity index (χ3n) is 2.28. The lowest BCUT2D eigenvalue weighted by Crippen LogP contribution is -2.03. The summed E-state index contributed by atoms with van der Waals surface area (Å²) in [4.78, 5) is 11.3. The van der Waals surface area contributed by atoms with E-state index in [2.05, 4.69) is 6.58 Å². The normalized spacial score (nSPS) is 21.7. The smallest absolute Gasteiger partial charge is 0.159 e. The first kappa shape index (κ1) is 11.0. The van der Waals surface area contributed by atoms with Crippen molar-refractivity contribution in [1.82, 2.24) is 0 Å². The second-order valence-corrected chi connectivity index (χ2v) is 3.56. The molecule has 0 amide bonds. The van der Waals surface area contributed by atoms with Crippen LogP contribution in [0, 0.1) is 0 Å². The van der Waals surface area contributed by atoms with E-state index in [1.807, 2.05) is 6.08 Å². The number of rotatable bonds is 4. The van der Waals surface area contributed by atoms with Gasteiger partial charge in [-0.15, -0.1) is 6.58 Å². The lowest BCUT2D eigenvalue weighted by Gasteiger charge is -2.11. The molecule has 0 bridgehead atoms. The fourth-order valence-electron chi connectivity index (χ4n) is 1.49. The lowest BCUT2D eigenvalue weighted by molar-refractivity contribution is -0.115. The predicted molar refractivity (Wildman–Crippen MR) is 56.9 cm³/mol. The van der Waals surface area contributed by atoms with Crippen LogP contribution in [0.4, 0.5) is 0 Å². The molecule has 1 aliphatic carbocycles. The molecule has 0 N–H and O–H groups in total. The van der Waals surface area contributed by atoms with E-state index in [4.69, 9.17) is 4.74 Å². The molecule has 2 nitrogen and oxygen atoms in total. The zero-order chi connectivity index (χ0) is 10.2. The maximum absolute atomic E-state index is 11.3. The van der Waals surface area contributed by atoms with Crippen LogP contribution in [0.5, 0.6) is 0 Å². The number of carbonyl (C=O) groups is 1. The highest BCUT2D eigenvalue weighted by Gasteiger charge is 2.07. The van der Waals surface area contributed by atoms with Gasteiger partial charge in [-0.1, -0.05) is 12.5 Å². The second-order valence-electron chi connectivity index (χ2n) is 3.56. The van der Waals surface area contributed by atoms with E-state index in [1.54, 1.807) is 6.08 Å². The molecule has 0 aromatic rings. The molecular weight excluding hydrogens is 176 g/mol. The first-order valence-electron chi connectivity index (χ1n) is 5.30. The molecule has 0 aliphatic heterocycles. The molecule has 0 aromatic carbocycles. The number of carbonyl (C=O) groups excluding carboxylic acids is 1. The maximum atomic E-state index is 11.3. The summed E-state index contributed by atoms with van der Waals surface area (Å²) in [5.41, 5.74) is 0. The molecule has 0 radical (unpaired) electrons. The van der Waals surface area contributed by atoms with Crippen LogP contribution >= 0.6 is 0 Å². The summed E-state index contributed by atoms with van der Waals surface area (Å²) >= 11 is 0. The van der Waals surface area contributed by atoms with Gasteiger partial charge in [0.2, 0.25) is 0 Å². The molecule has 2 heteroatoms. The van der Waals surface area contributed by atoms with Crippen molar-refractivity contribution >= 4 is 5.78 Å². The van der Waals surface area contributed by atoms with Crippen molar-refractivity contribution < 1.29 is 9.53 Å². The molecular formula is C12H18O2. The molecule has 1 rings (SSSR count). The second kappa shape index (κ2) is 6.41. The third kappa shape index (κ3) is 4.26. The SMILES string of the molecule is C=CCCO/C1=C/C(=O)CCCCC1. The molecule has 0 atom stereocenters. The maximum Gasteiger partial charge on any atom is 0.159 e. The molecule has 0 saturated carbocycles. The van der Waals surface area contributed by atoms with Crippen LogP contribution in [0.1, 0.15) is 38.5 Å². The highest BCUT2D eigenvalue weighted by Crippen LogP contribution is 2.16. The molecule has 0 fully saturated rings. The van der Waals surface area contributed by atoms with Crippen molar-refractivity contribution in [2.24, 2.45) is 0 Å². The molecule has 0 unspecified atom stereocenters. The van der Waals surface area contributed by atoms with Crippen molar-refractivity contribution in [2.45, 2.75) is 38.5 Å². The Morgan fingerprint density at radius 2 is 2.14 bits per heavy atom. The Balaban J connectivity index is 2.41. The molecule has 78 valence electrons. The van der Waals surface area contributed by atoms with E-state index < -0.39 is 0 Å². The van der Waals surface area contributed by atoms with Crippen molar-refractivity contribution in [2.75, 3.05) is 6.61 Å². The first-order valence-corrected chi connectivity index (χ1v) is 5.30. The molecule has 14 heavy (non-hydrogen) atoms. The Bertz CT molecular complexity index is 228. The molecule has 1 aliphatic rings. The van der Waals surface area contributed by atoms with Gasteiger partial charge >= 0.3 is 0 Å². The van der Waals surface area contributed by atoms with Gasteiger partial charge in [0.25, 0.3) is 0 Å². The van der Waals surface area contributed by atoms with Crippen LogP contribution in [0.2, 0.25) is 0 Å². The summed E-state index contributed by atoms with van der Waals surface area (Å²) in [5.74, 6) is 1.06. The van der Waals surface area contributed by atoms with Gasteiger partial charge in [-0.05, 0) is 19.3 Å². The third-order valence-corrected chi connectivity index (χ3v) is 2.28. The van der Waals surface area contributed by atoms with Crippen molar-refractivity contribution in [3.63, 3.8) is 0 Å². The Morgan fingerprint density at radius 1 is 1.36 bits per heavy atom. The molecule has 0 aromatic heterocycles. The van der Waals surface area contributed by atoms with E-state index in [9.17, 15) is 4.79 Å². The highest BCUT2D eigenvalue weighted by molar-refractivity contribution is 5.90. The first-order chi connectivity index (χ1) is 6.83. The van der Waals surface area contributed by atoms with Crippen LogP contribution in [-0.4, -0.2) is 12.4 Å². The standard InChI is InChI=1S/C12H18O2/c1-2-3-9-14-12-8-6-4-5-7-11(13)10-12/h2,10H,1,3-9H2/b12-10+. The van der Waals surface area contributed by atoms with E-state index in [0.29, 0.717) is 13.0 Å². The minimum Gasteiger partial charge on any atom is -0.497 e. The minimum atomic E-state index is 0.207. The van der Waals surface area contributed by atoms with Gasteiger partial charge in [0.05, 0.1) is 12.4 Å². The van der Waals surface area contributed by atoms with Crippen LogP contribution in [0.25, 0.3) is 0 Å². The topological polar surface area (TPSA) is 26.3 Å². The summed E-state index contributed by atoms with van der Waals surface area (Å²) in [6.45, 7) is 4.27. The zero-order valence-corrected chi connectivity index (χ0v) is 8.63. The summed E-state index contributed by atoms with van der Waals surface area (Å²) in [5, 5.41) is 0. The highest BCUT2D eigenvalue weighted by atomic mass is 16.5. The number of hydrogen-bond donors (Lipinski definition) is 0. The summed E-state index contributed by atoms with van der Waals surface area (Å²) in [6.07, 6.45) is 9.20. The number of hydrogen-bond acceptors (Lipinski definition) is 2. The number of ether oxygens (including phenoxy) is 1. The van der Waals surface area contributed by atoms with Crippen LogP contribution < -0.4 is 0 Å². The van der Waals surface area contributed by atoms with Crippen LogP contribution in [0.15, 0.2) is 24.5 Å². The summed E-state index contributed by atoms with van der Waals surface area (Å²) in [6, 6.07) is 0. The Hall–Kier alpha value is -1.05. The summed E-state index contributed by atoms with van der Waals surface area (Å²) < 4.78 is 5.50. The summed E-state index contributed by atoms with van der Waals surface area (Å²) in [7, 11) is 0. The Morgan fingerprint density at radius 3 is 2.93 bits per heavy atom.